The van der Waals surface area contributed by atoms with Crippen LogP contribution in [0, 0.1) is 0 Å². The Hall–Kier alpha value is -2.61. The molecule has 5 nitrogen and oxygen atoms in total. The van der Waals surface area contributed by atoms with Crippen molar-refractivity contribution in [1.82, 2.24) is 4.67 Å². The molecule has 0 aliphatic carbocycles. The second kappa shape index (κ2) is 11.6. The fourth-order valence-corrected chi connectivity index (χ4v) is 5.86. The molecule has 0 heterocycles. The van der Waals surface area contributed by atoms with Crippen LogP contribution in [-0.2, 0) is 10.7 Å². The third-order valence-corrected chi connectivity index (χ3v) is 8.19. The first kappa shape index (κ1) is 28.4. The summed E-state index contributed by atoms with van der Waals surface area (Å²) in [6.45, 7) is 2.31. The van der Waals surface area contributed by atoms with Crippen LogP contribution >= 0.6 is 19.3 Å². The highest BCUT2D eigenvalue weighted by atomic mass is 35.5. The molecule has 4 aromatic carbocycles. The van der Waals surface area contributed by atoms with Gasteiger partial charge in [-0.2, -0.15) is 17.8 Å². The van der Waals surface area contributed by atoms with Gasteiger partial charge in [0, 0.05) is 18.1 Å². The summed E-state index contributed by atoms with van der Waals surface area (Å²) in [5, 5.41) is 13.5. The molecule has 2 atom stereocenters. The van der Waals surface area contributed by atoms with E-state index in [1.165, 1.54) is 10.7 Å². The minimum absolute atomic E-state index is 0.0575. The summed E-state index contributed by atoms with van der Waals surface area (Å²) >= 11 is 6.18. The zero-order valence-corrected chi connectivity index (χ0v) is 22.3. The molecule has 10 heteroatoms. The van der Waals surface area contributed by atoms with Gasteiger partial charge < -0.3 is 14.5 Å². The van der Waals surface area contributed by atoms with Gasteiger partial charge in [-0.3, -0.25) is 0 Å². The third kappa shape index (κ3) is 6.50. The van der Waals surface area contributed by atoms with Crippen LogP contribution in [0.15, 0.2) is 72.8 Å². The highest BCUT2D eigenvalue weighted by Gasteiger charge is 2.32. The average molecular weight is 566 g/mol. The zero-order valence-electron chi connectivity index (χ0n) is 20.7. The number of benzene rings is 4. The van der Waals surface area contributed by atoms with E-state index in [0.717, 1.165) is 18.6 Å². The standard InChI is InChI=1S/C28H28ClF3NO4P/c1-2-3-14-33(38(35,36)37-22-7-5-4-6-8-22)15-13-27(34)26-16-19-9-10-20(28(30,31)32)17-24(19)25-18-21(29)11-12-23(25)26/h4-12,16-18,27,34H,2-3,13-15H2,1H3,(H,35,36). The molecule has 0 saturated heterocycles. The molecule has 0 bridgehead atoms. The van der Waals surface area contributed by atoms with Crippen molar-refractivity contribution >= 4 is 40.9 Å². The molecular weight excluding hydrogens is 538 g/mol. The lowest BCUT2D eigenvalue weighted by atomic mass is 9.92. The number of rotatable bonds is 10. The van der Waals surface area contributed by atoms with Gasteiger partial charge >= 0.3 is 13.9 Å². The van der Waals surface area contributed by atoms with Crippen molar-refractivity contribution in [2.75, 3.05) is 13.1 Å². The normalized spacial score (nSPS) is 14.6. The summed E-state index contributed by atoms with van der Waals surface area (Å²) in [5.74, 6) is 0.260. The van der Waals surface area contributed by atoms with Gasteiger partial charge in [0.05, 0.1) is 11.7 Å². The predicted molar refractivity (Wildman–Crippen MR) is 144 cm³/mol. The van der Waals surface area contributed by atoms with Crippen molar-refractivity contribution in [3.63, 3.8) is 0 Å². The maximum atomic E-state index is 13.4. The van der Waals surface area contributed by atoms with Gasteiger partial charge in [-0.15, -0.1) is 0 Å². The summed E-state index contributed by atoms with van der Waals surface area (Å²) in [6, 6.07) is 18.3. The summed E-state index contributed by atoms with van der Waals surface area (Å²) in [5.41, 5.74) is -0.278. The van der Waals surface area contributed by atoms with Crippen molar-refractivity contribution in [1.29, 1.82) is 0 Å². The Morgan fingerprint density at radius 3 is 2.39 bits per heavy atom. The van der Waals surface area contributed by atoms with Crippen LogP contribution in [0.1, 0.15) is 43.4 Å². The fraction of sp³-hybridized carbons (Fsp3) is 0.286. The molecule has 0 aliphatic rings. The molecule has 0 aromatic heterocycles. The van der Waals surface area contributed by atoms with Gasteiger partial charge in [0.2, 0.25) is 0 Å². The molecule has 0 amide bonds. The van der Waals surface area contributed by atoms with Crippen molar-refractivity contribution < 1.29 is 32.3 Å². The number of para-hydroxylation sites is 1. The number of hydrogen-bond acceptors (Lipinski definition) is 3. The number of fused-ring (bicyclic) bond motifs is 3. The first-order valence-electron chi connectivity index (χ1n) is 12.2. The molecule has 0 spiro atoms. The summed E-state index contributed by atoms with van der Waals surface area (Å²) in [4.78, 5) is 10.7. The van der Waals surface area contributed by atoms with Crippen molar-refractivity contribution in [2.45, 2.75) is 38.5 Å². The van der Waals surface area contributed by atoms with Crippen LogP contribution in [0.2, 0.25) is 5.02 Å². The van der Waals surface area contributed by atoms with Crippen LogP contribution < -0.4 is 4.52 Å². The highest BCUT2D eigenvalue weighted by molar-refractivity contribution is 7.50. The molecule has 0 radical (unpaired) electrons. The van der Waals surface area contributed by atoms with E-state index in [2.05, 4.69) is 0 Å². The average Bonchev–Trinajstić information content (AvgIpc) is 2.87. The van der Waals surface area contributed by atoms with E-state index in [9.17, 15) is 27.7 Å². The Balaban J connectivity index is 1.65. The van der Waals surface area contributed by atoms with Gasteiger partial charge in [0.15, 0.2) is 0 Å². The van der Waals surface area contributed by atoms with Crippen LogP contribution in [0.5, 0.6) is 5.75 Å². The van der Waals surface area contributed by atoms with Crippen LogP contribution in [0.25, 0.3) is 21.5 Å². The third-order valence-electron chi connectivity index (χ3n) is 6.39. The molecule has 2 N–H and O–H groups in total. The van der Waals surface area contributed by atoms with Crippen molar-refractivity contribution in [2.24, 2.45) is 0 Å². The van der Waals surface area contributed by atoms with E-state index in [0.29, 0.717) is 38.6 Å². The number of unbranched alkanes of at least 4 members (excludes halogenated alkanes) is 1. The Kier molecular flexibility index (Phi) is 8.70. The lowest BCUT2D eigenvalue weighted by Gasteiger charge is -2.27. The van der Waals surface area contributed by atoms with Gasteiger partial charge in [-0.05, 0) is 82.4 Å². The number of hydrogen-bond donors (Lipinski definition) is 2. The topological polar surface area (TPSA) is 70.0 Å². The molecule has 4 aromatic rings. The van der Waals surface area contributed by atoms with Gasteiger partial charge in [-0.1, -0.05) is 55.3 Å². The van der Waals surface area contributed by atoms with Crippen molar-refractivity contribution in [3.05, 3.63) is 88.9 Å². The molecule has 38 heavy (non-hydrogen) atoms. The maximum Gasteiger partial charge on any atom is 0.458 e. The lowest BCUT2D eigenvalue weighted by Crippen LogP contribution is -2.26. The maximum absolute atomic E-state index is 13.4. The highest BCUT2D eigenvalue weighted by Crippen LogP contribution is 2.47. The Labute approximate surface area is 224 Å². The summed E-state index contributed by atoms with van der Waals surface area (Å²) < 4.78 is 60.0. The van der Waals surface area contributed by atoms with Crippen molar-refractivity contribution in [3.8, 4) is 5.75 Å². The first-order chi connectivity index (χ1) is 18.0. The lowest BCUT2D eigenvalue weighted by molar-refractivity contribution is -0.137. The predicted octanol–water partition coefficient (Wildman–Crippen LogP) is 8.37. The molecular formula is C28H28ClF3NO4P. The Morgan fingerprint density at radius 2 is 1.71 bits per heavy atom. The van der Waals surface area contributed by atoms with E-state index in [1.54, 1.807) is 54.6 Å². The number of aliphatic hydroxyl groups is 1. The number of nitrogens with zero attached hydrogens (tertiary/aromatic N) is 1. The molecule has 0 saturated carbocycles. The van der Waals surface area contributed by atoms with Crippen LogP contribution in [0.4, 0.5) is 13.2 Å². The molecule has 4 rings (SSSR count). The second-order valence-electron chi connectivity index (χ2n) is 9.10. The largest absolute Gasteiger partial charge is 0.458 e. The Morgan fingerprint density at radius 1 is 0.974 bits per heavy atom. The van der Waals surface area contributed by atoms with E-state index in [1.807, 2.05) is 6.92 Å². The molecule has 202 valence electrons. The SMILES string of the molecule is CCCCN(CCC(O)c1cc2ccc(C(F)(F)F)cc2c2cc(Cl)ccc12)P(=O)(O)Oc1ccccc1. The molecule has 0 aliphatic heterocycles. The Bertz CT molecular complexity index is 1470. The van der Waals surface area contributed by atoms with Gasteiger partial charge in [-0.25, -0.2) is 4.57 Å². The van der Waals surface area contributed by atoms with Gasteiger partial charge in [0.1, 0.15) is 5.75 Å². The smallest absolute Gasteiger partial charge is 0.413 e. The van der Waals surface area contributed by atoms with E-state index in [4.69, 9.17) is 16.1 Å². The minimum Gasteiger partial charge on any atom is -0.413 e. The molecule has 0 fully saturated rings. The fourth-order valence-electron chi connectivity index (χ4n) is 4.41. The zero-order chi connectivity index (χ0) is 27.5. The summed E-state index contributed by atoms with van der Waals surface area (Å²) in [6.07, 6.45) is -4.03. The quantitative estimate of drug-likeness (QED) is 0.149. The van der Waals surface area contributed by atoms with Crippen LogP contribution in [-0.4, -0.2) is 27.8 Å². The van der Waals surface area contributed by atoms with Crippen LogP contribution in [0.3, 0.4) is 0 Å². The minimum atomic E-state index is -4.50. The summed E-state index contributed by atoms with van der Waals surface area (Å²) in [7, 11) is -4.22. The van der Waals surface area contributed by atoms with E-state index in [-0.39, 0.29) is 25.3 Å². The first-order valence-corrected chi connectivity index (χ1v) is 14.1. The number of aliphatic hydroxyl groups excluding tert-OH is 1. The number of halogens is 4. The molecule has 2 unspecified atom stereocenters. The number of alkyl halides is 3. The van der Waals surface area contributed by atoms with E-state index >= 15 is 0 Å². The second-order valence-corrected chi connectivity index (χ2v) is 11.3. The van der Waals surface area contributed by atoms with Gasteiger partial charge in [0.25, 0.3) is 0 Å². The van der Waals surface area contributed by atoms with E-state index < -0.39 is 25.6 Å². The monoisotopic (exact) mass is 565 g/mol.